The predicted molar refractivity (Wildman–Crippen MR) is 138 cm³/mol. The van der Waals surface area contributed by atoms with Gasteiger partial charge in [-0.3, -0.25) is 9.36 Å². The lowest BCUT2D eigenvalue weighted by Gasteiger charge is -2.35. The van der Waals surface area contributed by atoms with Gasteiger partial charge < -0.3 is 15.1 Å². The van der Waals surface area contributed by atoms with Gasteiger partial charge in [-0.05, 0) is 42.3 Å². The van der Waals surface area contributed by atoms with E-state index < -0.39 is 0 Å². The number of amides is 2. The number of pyridine rings is 1. The minimum Gasteiger partial charge on any atom is -0.348 e. The van der Waals surface area contributed by atoms with Crippen LogP contribution in [0, 0.1) is 6.92 Å². The van der Waals surface area contributed by atoms with Gasteiger partial charge in [0.05, 0.1) is 6.54 Å². The zero-order chi connectivity index (χ0) is 24.4. The van der Waals surface area contributed by atoms with E-state index in [1.165, 1.54) is 0 Å². The van der Waals surface area contributed by atoms with Crippen molar-refractivity contribution in [3.05, 3.63) is 93.4 Å². The Morgan fingerprint density at radius 2 is 1.80 bits per heavy atom. The monoisotopic (exact) mass is 488 g/mol. The summed E-state index contributed by atoms with van der Waals surface area (Å²) in [4.78, 5) is 39.0. The van der Waals surface area contributed by atoms with Crippen molar-refractivity contribution in [2.45, 2.75) is 13.5 Å². The summed E-state index contributed by atoms with van der Waals surface area (Å²) < 4.78 is 1.67. The van der Waals surface area contributed by atoms with Crippen molar-refractivity contribution in [3.63, 3.8) is 0 Å². The summed E-state index contributed by atoms with van der Waals surface area (Å²) in [7, 11) is 0. The number of aryl methyl sites for hydroxylation is 1. The van der Waals surface area contributed by atoms with E-state index in [2.05, 4.69) is 15.3 Å². The van der Waals surface area contributed by atoms with Gasteiger partial charge in [0.2, 0.25) is 0 Å². The Hall–Kier alpha value is -3.91. The van der Waals surface area contributed by atoms with Crippen LogP contribution in [0.1, 0.15) is 11.1 Å². The molecule has 9 heteroatoms. The smallest absolute Gasteiger partial charge is 0.321 e. The number of anilines is 2. The van der Waals surface area contributed by atoms with Crippen molar-refractivity contribution in [1.82, 2.24) is 19.4 Å². The molecule has 2 aromatic heterocycles. The third-order valence-electron chi connectivity index (χ3n) is 6.16. The molecule has 0 bridgehead atoms. The van der Waals surface area contributed by atoms with Crippen molar-refractivity contribution in [2.75, 3.05) is 36.4 Å². The van der Waals surface area contributed by atoms with Crippen LogP contribution in [0.15, 0.2) is 71.7 Å². The number of nitrogens with one attached hydrogen (secondary N) is 1. The van der Waals surface area contributed by atoms with Crippen molar-refractivity contribution in [1.29, 1.82) is 0 Å². The predicted octanol–water partition coefficient (Wildman–Crippen LogP) is 4.16. The summed E-state index contributed by atoms with van der Waals surface area (Å²) in [5.41, 5.74) is 3.65. The van der Waals surface area contributed by atoms with Crippen LogP contribution in [0.4, 0.5) is 16.3 Å². The molecule has 35 heavy (non-hydrogen) atoms. The van der Waals surface area contributed by atoms with Crippen molar-refractivity contribution >= 4 is 40.3 Å². The first-order valence-corrected chi connectivity index (χ1v) is 11.8. The Balaban J connectivity index is 1.35. The van der Waals surface area contributed by atoms with Gasteiger partial charge in [0.1, 0.15) is 5.52 Å². The molecule has 0 atom stereocenters. The van der Waals surface area contributed by atoms with Gasteiger partial charge in [-0.1, -0.05) is 48.0 Å². The molecule has 178 valence electrons. The number of carbonyl (C=O) groups excluding carboxylic acids is 1. The van der Waals surface area contributed by atoms with E-state index in [0.29, 0.717) is 60.4 Å². The molecule has 1 fully saturated rings. The maximum atomic E-state index is 13.5. The van der Waals surface area contributed by atoms with E-state index in [9.17, 15) is 9.59 Å². The first-order valence-electron chi connectivity index (χ1n) is 11.5. The van der Waals surface area contributed by atoms with Gasteiger partial charge in [0.25, 0.3) is 5.56 Å². The summed E-state index contributed by atoms with van der Waals surface area (Å²) in [6.45, 7) is 4.26. The van der Waals surface area contributed by atoms with Crippen molar-refractivity contribution in [2.24, 2.45) is 0 Å². The maximum absolute atomic E-state index is 13.5. The molecule has 2 amide bonds. The Kier molecular flexibility index (Phi) is 6.37. The van der Waals surface area contributed by atoms with Gasteiger partial charge in [-0.2, -0.15) is 0 Å². The van der Waals surface area contributed by atoms with E-state index in [1.54, 1.807) is 21.7 Å². The van der Waals surface area contributed by atoms with Crippen LogP contribution in [0.3, 0.4) is 0 Å². The number of benzene rings is 2. The second-order valence-electron chi connectivity index (χ2n) is 8.53. The first-order chi connectivity index (χ1) is 17.0. The number of hydrogen-bond donors (Lipinski definition) is 1. The van der Waals surface area contributed by atoms with E-state index in [0.717, 1.165) is 11.1 Å². The number of hydrogen-bond acceptors (Lipinski definition) is 5. The molecule has 8 nitrogen and oxygen atoms in total. The number of piperazine rings is 1. The molecular formula is C26H25ClN6O2. The highest BCUT2D eigenvalue weighted by molar-refractivity contribution is 6.31. The lowest BCUT2D eigenvalue weighted by Crippen LogP contribution is -2.51. The molecule has 1 aliphatic rings. The summed E-state index contributed by atoms with van der Waals surface area (Å²) in [6, 6.07) is 18.8. The number of halogens is 1. The standard InChI is InChI=1S/C26H25ClN6O2/c1-18-9-10-20(16-21(18)27)29-26(35)32-14-12-31(13-15-32)24-25(34)33(17-19-6-3-2-4-7-19)23-22(30-24)8-5-11-28-23/h2-11,16H,12-15,17H2,1H3,(H,29,35). The first kappa shape index (κ1) is 22.9. The fraction of sp³-hybridized carbons (Fsp3) is 0.231. The van der Waals surface area contributed by atoms with Crippen LogP contribution in [-0.2, 0) is 6.54 Å². The molecule has 1 saturated heterocycles. The maximum Gasteiger partial charge on any atom is 0.321 e. The quantitative estimate of drug-likeness (QED) is 0.466. The normalized spacial score (nSPS) is 13.8. The molecule has 5 rings (SSSR count). The largest absolute Gasteiger partial charge is 0.348 e. The zero-order valence-electron chi connectivity index (χ0n) is 19.3. The Morgan fingerprint density at radius 1 is 1.03 bits per heavy atom. The second kappa shape index (κ2) is 9.76. The molecule has 2 aromatic carbocycles. The number of urea groups is 1. The Labute approximate surface area is 207 Å². The highest BCUT2D eigenvalue weighted by atomic mass is 35.5. The minimum atomic E-state index is -0.193. The van der Waals surface area contributed by atoms with Crippen LogP contribution in [0.25, 0.3) is 11.2 Å². The van der Waals surface area contributed by atoms with Gasteiger partial charge >= 0.3 is 6.03 Å². The van der Waals surface area contributed by atoms with E-state index in [4.69, 9.17) is 11.6 Å². The second-order valence-corrected chi connectivity index (χ2v) is 8.93. The lowest BCUT2D eigenvalue weighted by atomic mass is 10.2. The Morgan fingerprint density at radius 3 is 2.54 bits per heavy atom. The summed E-state index contributed by atoms with van der Waals surface area (Å²) in [5.74, 6) is 0.381. The third kappa shape index (κ3) is 4.83. The zero-order valence-corrected chi connectivity index (χ0v) is 20.1. The molecule has 0 aliphatic carbocycles. The van der Waals surface area contributed by atoms with Crippen LogP contribution in [0.2, 0.25) is 5.02 Å². The molecule has 0 unspecified atom stereocenters. The van der Waals surface area contributed by atoms with Gasteiger partial charge in [-0.15, -0.1) is 0 Å². The highest BCUT2D eigenvalue weighted by Crippen LogP contribution is 2.21. The average Bonchev–Trinajstić information content (AvgIpc) is 2.88. The summed E-state index contributed by atoms with van der Waals surface area (Å²) in [6.07, 6.45) is 1.67. The van der Waals surface area contributed by atoms with Gasteiger partial charge in [-0.25, -0.2) is 14.8 Å². The minimum absolute atomic E-state index is 0.188. The number of carbonyl (C=O) groups is 1. The summed E-state index contributed by atoms with van der Waals surface area (Å²) in [5, 5.41) is 3.51. The average molecular weight is 489 g/mol. The fourth-order valence-corrected chi connectivity index (χ4v) is 4.36. The van der Waals surface area contributed by atoms with E-state index in [-0.39, 0.29) is 11.6 Å². The number of rotatable bonds is 4. The Bertz CT molecular complexity index is 1430. The molecule has 0 saturated carbocycles. The number of aromatic nitrogens is 3. The van der Waals surface area contributed by atoms with Crippen LogP contribution in [0.5, 0.6) is 0 Å². The van der Waals surface area contributed by atoms with Crippen LogP contribution in [-0.4, -0.2) is 51.6 Å². The van der Waals surface area contributed by atoms with Crippen molar-refractivity contribution in [3.8, 4) is 0 Å². The number of fused-ring (bicyclic) bond motifs is 1. The van der Waals surface area contributed by atoms with Crippen molar-refractivity contribution < 1.29 is 4.79 Å². The summed E-state index contributed by atoms with van der Waals surface area (Å²) >= 11 is 6.18. The van der Waals surface area contributed by atoms with Crippen LogP contribution >= 0.6 is 11.6 Å². The molecule has 4 aromatic rings. The molecule has 1 aliphatic heterocycles. The molecule has 1 N–H and O–H groups in total. The SMILES string of the molecule is Cc1ccc(NC(=O)N2CCN(c3nc4cccnc4n(Cc4ccccc4)c3=O)CC2)cc1Cl. The topological polar surface area (TPSA) is 83.4 Å². The van der Waals surface area contributed by atoms with Gasteiger partial charge in [0.15, 0.2) is 11.5 Å². The molecular weight excluding hydrogens is 464 g/mol. The molecule has 0 spiro atoms. The molecule has 3 heterocycles. The van der Waals surface area contributed by atoms with E-state index >= 15 is 0 Å². The third-order valence-corrected chi connectivity index (χ3v) is 6.56. The van der Waals surface area contributed by atoms with Crippen LogP contribution < -0.4 is 15.8 Å². The fourth-order valence-electron chi connectivity index (χ4n) is 4.18. The lowest BCUT2D eigenvalue weighted by molar-refractivity contribution is 0.208. The van der Waals surface area contributed by atoms with Gasteiger partial charge in [0, 0.05) is 43.1 Å². The van der Waals surface area contributed by atoms with E-state index in [1.807, 2.05) is 66.4 Å². The highest BCUT2D eigenvalue weighted by Gasteiger charge is 2.25. The number of nitrogens with zero attached hydrogens (tertiary/aromatic N) is 5. The molecule has 0 radical (unpaired) electrons.